The number of rotatable bonds is 7. The molecule has 3 N–H and O–H groups in total. The summed E-state index contributed by atoms with van der Waals surface area (Å²) in [6.45, 7) is 3.01. The van der Waals surface area contributed by atoms with Crippen molar-refractivity contribution in [3.8, 4) is 0 Å². The summed E-state index contributed by atoms with van der Waals surface area (Å²) >= 11 is 0. The van der Waals surface area contributed by atoms with E-state index in [0.29, 0.717) is 43.2 Å². The van der Waals surface area contributed by atoms with Gasteiger partial charge in [0.2, 0.25) is 0 Å². The van der Waals surface area contributed by atoms with Crippen molar-refractivity contribution in [2.75, 3.05) is 39.1 Å². The van der Waals surface area contributed by atoms with Crippen LogP contribution in [0.4, 0.5) is 5.82 Å². The summed E-state index contributed by atoms with van der Waals surface area (Å²) in [6, 6.07) is 14.5. The minimum Gasteiger partial charge on any atom is -0.384 e. The number of piperidine rings is 1. The molecule has 1 saturated carbocycles. The second kappa shape index (κ2) is 8.47. The summed E-state index contributed by atoms with van der Waals surface area (Å²) in [5.41, 5.74) is 7.38. The van der Waals surface area contributed by atoms with Crippen molar-refractivity contribution >= 4 is 11.7 Å². The van der Waals surface area contributed by atoms with Gasteiger partial charge in [-0.2, -0.15) is 0 Å². The van der Waals surface area contributed by atoms with E-state index in [9.17, 15) is 4.79 Å². The lowest BCUT2D eigenvalue weighted by molar-refractivity contribution is 0.0199. The van der Waals surface area contributed by atoms with E-state index >= 15 is 0 Å². The van der Waals surface area contributed by atoms with Crippen LogP contribution in [0.25, 0.3) is 0 Å². The lowest BCUT2D eigenvalue weighted by Crippen LogP contribution is -2.49. The highest BCUT2D eigenvalue weighted by Crippen LogP contribution is 2.42. The Hall–Kier alpha value is -2.51. The summed E-state index contributed by atoms with van der Waals surface area (Å²) < 4.78 is 5.56. The number of hydrogen-bond acceptors (Lipinski definition) is 6. The molecule has 0 bridgehead atoms. The van der Waals surface area contributed by atoms with Gasteiger partial charge in [-0.05, 0) is 37.0 Å². The van der Waals surface area contributed by atoms with Crippen molar-refractivity contribution in [2.24, 2.45) is 5.41 Å². The number of nitrogens with zero attached hydrogens (tertiary/aromatic N) is 3. The second-order valence-electron chi connectivity index (χ2n) is 8.31. The first-order valence-electron chi connectivity index (χ1n) is 10.3. The zero-order valence-electron chi connectivity index (χ0n) is 16.9. The SMILES string of the molecule is COCC1(CN[C@@H]2CC2c2ccccc2)CCN(C(=O)c2ccc(N)nn2)CC1. The van der Waals surface area contributed by atoms with E-state index in [-0.39, 0.29) is 11.3 Å². The summed E-state index contributed by atoms with van der Waals surface area (Å²) in [6.07, 6.45) is 3.00. The molecule has 154 valence electrons. The summed E-state index contributed by atoms with van der Waals surface area (Å²) in [4.78, 5) is 14.6. The highest BCUT2D eigenvalue weighted by molar-refractivity contribution is 5.92. The number of amides is 1. The highest BCUT2D eigenvalue weighted by atomic mass is 16.5. The molecule has 1 aliphatic heterocycles. The number of nitrogens with one attached hydrogen (secondary N) is 1. The molecule has 7 heteroatoms. The molecule has 2 atom stereocenters. The lowest BCUT2D eigenvalue weighted by atomic mass is 9.78. The molecular weight excluding hydrogens is 366 g/mol. The van der Waals surface area contributed by atoms with Gasteiger partial charge in [0.05, 0.1) is 6.61 Å². The largest absolute Gasteiger partial charge is 0.384 e. The maximum atomic E-state index is 12.7. The highest BCUT2D eigenvalue weighted by Gasteiger charge is 2.42. The topological polar surface area (TPSA) is 93.4 Å². The molecule has 2 aromatic rings. The van der Waals surface area contributed by atoms with Crippen molar-refractivity contribution in [3.05, 3.63) is 53.7 Å². The molecule has 1 unspecified atom stereocenters. The van der Waals surface area contributed by atoms with Crippen molar-refractivity contribution < 1.29 is 9.53 Å². The first-order valence-corrected chi connectivity index (χ1v) is 10.3. The quantitative estimate of drug-likeness (QED) is 0.746. The second-order valence-corrected chi connectivity index (χ2v) is 8.31. The molecule has 2 aliphatic rings. The van der Waals surface area contributed by atoms with Crippen molar-refractivity contribution in [1.82, 2.24) is 20.4 Å². The number of nitrogens with two attached hydrogens (primary N) is 1. The minimum absolute atomic E-state index is 0.0577. The van der Waals surface area contributed by atoms with Crippen LogP contribution in [0.1, 0.15) is 41.2 Å². The lowest BCUT2D eigenvalue weighted by Gasteiger charge is -2.41. The van der Waals surface area contributed by atoms with Crippen LogP contribution in [0.3, 0.4) is 0 Å². The molecule has 0 spiro atoms. The van der Waals surface area contributed by atoms with E-state index in [4.69, 9.17) is 10.5 Å². The molecule has 1 aromatic carbocycles. The zero-order chi connectivity index (χ0) is 20.3. The molecule has 2 heterocycles. The van der Waals surface area contributed by atoms with Crippen LogP contribution < -0.4 is 11.1 Å². The Bertz CT molecular complexity index is 819. The summed E-state index contributed by atoms with van der Waals surface area (Å²) in [7, 11) is 1.76. The molecule has 1 aromatic heterocycles. The predicted octanol–water partition coefficient (Wildman–Crippen LogP) is 2.07. The Labute approximate surface area is 171 Å². The Morgan fingerprint density at radius 2 is 1.97 bits per heavy atom. The minimum atomic E-state index is -0.0807. The van der Waals surface area contributed by atoms with Gasteiger partial charge in [0.1, 0.15) is 5.82 Å². The fourth-order valence-electron chi connectivity index (χ4n) is 4.32. The first-order chi connectivity index (χ1) is 14.1. The zero-order valence-corrected chi connectivity index (χ0v) is 16.9. The van der Waals surface area contributed by atoms with Crippen LogP contribution in [0.15, 0.2) is 42.5 Å². The van der Waals surface area contributed by atoms with E-state index in [2.05, 4.69) is 45.8 Å². The number of likely N-dealkylation sites (tertiary alicyclic amines) is 1. The number of hydrogen-bond donors (Lipinski definition) is 2. The Morgan fingerprint density at radius 3 is 2.62 bits per heavy atom. The molecule has 7 nitrogen and oxygen atoms in total. The standard InChI is InChI=1S/C22H29N5O2/c1-29-15-22(14-24-19-13-17(19)16-5-3-2-4-6-16)9-11-27(12-10-22)21(28)18-7-8-20(23)26-25-18/h2-8,17,19,24H,9-15H2,1H3,(H2,23,26)/t17?,19-/m1/s1. The van der Waals surface area contributed by atoms with E-state index in [1.54, 1.807) is 19.2 Å². The van der Waals surface area contributed by atoms with Gasteiger partial charge in [-0.25, -0.2) is 0 Å². The number of ether oxygens (including phenoxy) is 1. The molecule has 1 aliphatic carbocycles. The van der Waals surface area contributed by atoms with Gasteiger partial charge < -0.3 is 20.7 Å². The fourth-order valence-corrected chi connectivity index (χ4v) is 4.32. The third-order valence-electron chi connectivity index (χ3n) is 6.22. The van der Waals surface area contributed by atoms with E-state index in [1.165, 1.54) is 12.0 Å². The van der Waals surface area contributed by atoms with Gasteiger partial charge >= 0.3 is 0 Å². The van der Waals surface area contributed by atoms with Crippen molar-refractivity contribution in [3.63, 3.8) is 0 Å². The van der Waals surface area contributed by atoms with Crippen LogP contribution in [-0.2, 0) is 4.74 Å². The van der Waals surface area contributed by atoms with Crippen LogP contribution in [0, 0.1) is 5.41 Å². The van der Waals surface area contributed by atoms with E-state index in [0.717, 1.165) is 19.4 Å². The van der Waals surface area contributed by atoms with Gasteiger partial charge in [-0.15, -0.1) is 10.2 Å². The van der Waals surface area contributed by atoms with Crippen LogP contribution in [0.2, 0.25) is 0 Å². The predicted molar refractivity (Wildman–Crippen MR) is 111 cm³/mol. The number of benzene rings is 1. The Morgan fingerprint density at radius 1 is 1.21 bits per heavy atom. The summed E-state index contributed by atoms with van der Waals surface area (Å²) in [5, 5.41) is 11.5. The molecule has 1 amide bonds. The third-order valence-corrected chi connectivity index (χ3v) is 6.22. The molecular formula is C22H29N5O2. The maximum Gasteiger partial charge on any atom is 0.274 e. The molecule has 0 radical (unpaired) electrons. The van der Waals surface area contributed by atoms with Gasteiger partial charge in [0, 0.05) is 44.1 Å². The molecule has 1 saturated heterocycles. The number of nitrogen functional groups attached to an aromatic ring is 1. The van der Waals surface area contributed by atoms with Crippen LogP contribution in [0.5, 0.6) is 0 Å². The van der Waals surface area contributed by atoms with Gasteiger partial charge in [-0.1, -0.05) is 30.3 Å². The van der Waals surface area contributed by atoms with Gasteiger partial charge in [-0.3, -0.25) is 4.79 Å². The number of carbonyl (C=O) groups excluding carboxylic acids is 1. The fraction of sp³-hybridized carbons (Fsp3) is 0.500. The number of methoxy groups -OCH3 is 1. The summed E-state index contributed by atoms with van der Waals surface area (Å²) in [5.74, 6) is 0.851. The Kier molecular flexibility index (Phi) is 5.78. The maximum absolute atomic E-state index is 12.7. The molecule has 29 heavy (non-hydrogen) atoms. The monoisotopic (exact) mass is 395 g/mol. The normalized spacial score (nSPS) is 23.0. The Balaban J connectivity index is 1.32. The molecule has 2 fully saturated rings. The number of anilines is 1. The first kappa shape index (κ1) is 19.8. The van der Waals surface area contributed by atoms with E-state index < -0.39 is 0 Å². The van der Waals surface area contributed by atoms with Crippen LogP contribution >= 0.6 is 0 Å². The van der Waals surface area contributed by atoms with Gasteiger partial charge in [0.15, 0.2) is 5.69 Å². The average Bonchev–Trinajstić information content (AvgIpc) is 3.54. The van der Waals surface area contributed by atoms with E-state index in [1.807, 2.05) is 4.90 Å². The molecule has 4 rings (SSSR count). The number of carbonyl (C=O) groups is 1. The smallest absolute Gasteiger partial charge is 0.274 e. The van der Waals surface area contributed by atoms with Crippen molar-refractivity contribution in [2.45, 2.75) is 31.2 Å². The average molecular weight is 396 g/mol. The van der Waals surface area contributed by atoms with Gasteiger partial charge in [0.25, 0.3) is 5.91 Å². The third kappa shape index (κ3) is 4.57. The van der Waals surface area contributed by atoms with Crippen molar-refractivity contribution in [1.29, 1.82) is 0 Å². The number of aromatic nitrogens is 2. The van der Waals surface area contributed by atoms with Crippen LogP contribution in [-0.4, -0.2) is 60.4 Å².